The summed E-state index contributed by atoms with van der Waals surface area (Å²) < 4.78 is 5.40. The lowest BCUT2D eigenvalue weighted by Gasteiger charge is -2.22. The van der Waals surface area contributed by atoms with Crippen molar-refractivity contribution in [1.29, 1.82) is 0 Å². The van der Waals surface area contributed by atoms with Crippen LogP contribution in [0.3, 0.4) is 0 Å². The lowest BCUT2D eigenvalue weighted by molar-refractivity contribution is 0.0760. The first kappa shape index (κ1) is 18.8. The summed E-state index contributed by atoms with van der Waals surface area (Å²) in [6.45, 7) is 2.17. The van der Waals surface area contributed by atoms with Crippen molar-refractivity contribution in [2.75, 3.05) is 45.2 Å². The highest BCUT2D eigenvalue weighted by atomic mass is 16.6. The molecule has 0 saturated carbocycles. The molecular weight excluding hydrogens is 342 g/mol. The van der Waals surface area contributed by atoms with Crippen molar-refractivity contribution in [1.82, 2.24) is 9.80 Å². The second-order valence-corrected chi connectivity index (χ2v) is 6.76. The monoisotopic (exact) mass is 367 g/mol. The summed E-state index contributed by atoms with van der Waals surface area (Å²) in [5, 5.41) is 0. The van der Waals surface area contributed by atoms with Crippen molar-refractivity contribution in [3.05, 3.63) is 60.2 Å². The highest BCUT2D eigenvalue weighted by Crippen LogP contribution is 2.16. The van der Waals surface area contributed by atoms with Crippen LogP contribution in [0.1, 0.15) is 16.8 Å². The normalized spacial score (nSPS) is 14.4. The first-order valence-corrected chi connectivity index (χ1v) is 9.13. The van der Waals surface area contributed by atoms with Gasteiger partial charge in [-0.1, -0.05) is 18.2 Å². The Bertz CT molecular complexity index is 775. The Labute approximate surface area is 159 Å². The van der Waals surface area contributed by atoms with Crippen LogP contribution in [0.5, 0.6) is 5.75 Å². The molecule has 1 aliphatic heterocycles. The van der Waals surface area contributed by atoms with Crippen molar-refractivity contribution in [2.24, 2.45) is 0 Å². The molecule has 2 aromatic carbocycles. The van der Waals surface area contributed by atoms with Gasteiger partial charge in [0.25, 0.3) is 5.91 Å². The van der Waals surface area contributed by atoms with Crippen molar-refractivity contribution < 1.29 is 14.3 Å². The minimum absolute atomic E-state index is 0.00131. The Hall–Kier alpha value is -3.02. The van der Waals surface area contributed by atoms with E-state index in [1.807, 2.05) is 61.5 Å². The van der Waals surface area contributed by atoms with Crippen molar-refractivity contribution in [3.8, 4) is 5.75 Å². The molecule has 2 amide bonds. The molecule has 1 aliphatic rings. The third-order valence-electron chi connectivity index (χ3n) is 4.62. The molecule has 0 atom stereocenters. The second-order valence-electron chi connectivity index (χ2n) is 6.76. The zero-order valence-electron chi connectivity index (χ0n) is 15.8. The van der Waals surface area contributed by atoms with Gasteiger partial charge in [0.1, 0.15) is 5.75 Å². The van der Waals surface area contributed by atoms with Gasteiger partial charge >= 0.3 is 6.09 Å². The maximum absolute atomic E-state index is 12.8. The summed E-state index contributed by atoms with van der Waals surface area (Å²) in [6.07, 6.45) is 0.358. The average molecular weight is 367 g/mol. The van der Waals surface area contributed by atoms with Crippen LogP contribution in [0.4, 0.5) is 10.5 Å². The van der Waals surface area contributed by atoms with Crippen molar-refractivity contribution >= 4 is 17.7 Å². The smallest absolute Gasteiger partial charge is 0.410 e. The molecule has 0 radical (unpaired) electrons. The summed E-state index contributed by atoms with van der Waals surface area (Å²) >= 11 is 0. The van der Waals surface area contributed by atoms with E-state index in [0.717, 1.165) is 12.1 Å². The van der Waals surface area contributed by atoms with Crippen molar-refractivity contribution in [2.45, 2.75) is 6.42 Å². The third kappa shape index (κ3) is 4.78. The van der Waals surface area contributed by atoms with Gasteiger partial charge in [0, 0.05) is 51.5 Å². The molecule has 0 aliphatic carbocycles. The minimum Gasteiger partial charge on any atom is -0.410 e. The molecular formula is C21H25N3O3. The Morgan fingerprint density at radius 2 is 1.48 bits per heavy atom. The lowest BCUT2D eigenvalue weighted by atomic mass is 10.1. The zero-order chi connectivity index (χ0) is 19.2. The van der Waals surface area contributed by atoms with E-state index in [1.54, 1.807) is 21.9 Å². The minimum atomic E-state index is -0.370. The highest BCUT2D eigenvalue weighted by Gasteiger charge is 2.24. The molecule has 142 valence electrons. The third-order valence-corrected chi connectivity index (χ3v) is 4.62. The number of carbonyl (C=O) groups is 2. The number of nitrogens with zero attached hydrogens (tertiary/aromatic N) is 3. The van der Waals surface area contributed by atoms with Crippen LogP contribution in [0, 0.1) is 0 Å². The summed E-state index contributed by atoms with van der Waals surface area (Å²) in [4.78, 5) is 30.6. The van der Waals surface area contributed by atoms with Crippen LogP contribution in [-0.4, -0.2) is 62.1 Å². The van der Waals surface area contributed by atoms with Crippen LogP contribution in [-0.2, 0) is 0 Å². The lowest BCUT2D eigenvalue weighted by Crippen LogP contribution is -2.38. The largest absolute Gasteiger partial charge is 0.415 e. The molecule has 1 heterocycles. The number of anilines is 1. The Morgan fingerprint density at radius 1 is 0.852 bits per heavy atom. The van der Waals surface area contributed by atoms with E-state index in [0.29, 0.717) is 37.5 Å². The van der Waals surface area contributed by atoms with Gasteiger partial charge in [-0.25, -0.2) is 4.79 Å². The topological polar surface area (TPSA) is 53.1 Å². The molecule has 2 aromatic rings. The number of carbonyl (C=O) groups excluding carboxylic acids is 2. The van der Waals surface area contributed by atoms with Gasteiger partial charge in [-0.15, -0.1) is 0 Å². The van der Waals surface area contributed by atoms with E-state index in [4.69, 9.17) is 4.74 Å². The predicted octanol–water partition coefficient (Wildman–Crippen LogP) is 3.10. The number of rotatable bonds is 3. The molecule has 1 fully saturated rings. The maximum Gasteiger partial charge on any atom is 0.415 e. The maximum atomic E-state index is 12.8. The van der Waals surface area contributed by atoms with Gasteiger partial charge in [0.15, 0.2) is 0 Å². The predicted molar refractivity (Wildman–Crippen MR) is 105 cm³/mol. The van der Waals surface area contributed by atoms with E-state index in [9.17, 15) is 9.59 Å². The van der Waals surface area contributed by atoms with Gasteiger partial charge in [-0.2, -0.15) is 0 Å². The molecule has 6 heteroatoms. The van der Waals surface area contributed by atoms with Gasteiger partial charge in [-0.05, 0) is 42.8 Å². The summed E-state index contributed by atoms with van der Waals surface area (Å²) in [7, 11) is 3.93. The zero-order valence-corrected chi connectivity index (χ0v) is 15.8. The number of ether oxygens (including phenoxy) is 1. The number of amides is 2. The molecule has 6 nitrogen and oxygen atoms in total. The van der Waals surface area contributed by atoms with Crippen LogP contribution in [0.15, 0.2) is 54.6 Å². The van der Waals surface area contributed by atoms with Crippen LogP contribution in [0.2, 0.25) is 0 Å². The van der Waals surface area contributed by atoms with Gasteiger partial charge < -0.3 is 19.4 Å². The molecule has 0 N–H and O–H groups in total. The molecule has 0 aromatic heterocycles. The Balaban J connectivity index is 1.59. The highest BCUT2D eigenvalue weighted by molar-refractivity contribution is 5.94. The van der Waals surface area contributed by atoms with E-state index < -0.39 is 0 Å². The number of hydrogen-bond acceptors (Lipinski definition) is 4. The standard InChI is InChI=1S/C21H25N3O3/c1-22(2)18-11-9-17(10-12-18)20(25)23-13-6-14-24(16-15-23)21(26)27-19-7-4-3-5-8-19/h3-5,7-12H,6,13-16H2,1-2H3. The first-order valence-electron chi connectivity index (χ1n) is 9.13. The Morgan fingerprint density at radius 3 is 2.15 bits per heavy atom. The summed E-state index contributed by atoms with van der Waals surface area (Å²) in [5.41, 5.74) is 1.72. The van der Waals surface area contributed by atoms with E-state index >= 15 is 0 Å². The summed E-state index contributed by atoms with van der Waals surface area (Å²) in [6, 6.07) is 16.6. The molecule has 0 spiro atoms. The van der Waals surface area contributed by atoms with Crippen LogP contribution in [0.25, 0.3) is 0 Å². The average Bonchev–Trinajstić information content (AvgIpc) is 2.94. The Kier molecular flexibility index (Phi) is 5.96. The fourth-order valence-corrected chi connectivity index (χ4v) is 3.04. The molecule has 0 unspecified atom stereocenters. The molecule has 1 saturated heterocycles. The van der Waals surface area contributed by atoms with Gasteiger partial charge in [-0.3, -0.25) is 4.79 Å². The van der Waals surface area contributed by atoms with E-state index in [1.165, 1.54) is 0 Å². The number of benzene rings is 2. The fourth-order valence-electron chi connectivity index (χ4n) is 3.04. The number of hydrogen-bond donors (Lipinski definition) is 0. The van der Waals surface area contributed by atoms with E-state index in [-0.39, 0.29) is 12.0 Å². The van der Waals surface area contributed by atoms with Gasteiger partial charge in [0.05, 0.1) is 0 Å². The molecule has 3 rings (SSSR count). The first-order chi connectivity index (χ1) is 13.0. The van der Waals surface area contributed by atoms with E-state index in [2.05, 4.69) is 0 Å². The van der Waals surface area contributed by atoms with Gasteiger partial charge in [0.2, 0.25) is 0 Å². The van der Waals surface area contributed by atoms with Crippen LogP contribution < -0.4 is 9.64 Å². The molecule has 0 bridgehead atoms. The number of para-hydroxylation sites is 1. The quantitative estimate of drug-likeness (QED) is 0.837. The summed E-state index contributed by atoms with van der Waals surface area (Å²) in [5.74, 6) is 0.527. The van der Waals surface area contributed by atoms with Crippen molar-refractivity contribution in [3.63, 3.8) is 0 Å². The molecule has 27 heavy (non-hydrogen) atoms. The fraction of sp³-hybridized carbons (Fsp3) is 0.333. The second kappa shape index (κ2) is 8.58. The van der Waals surface area contributed by atoms with Crippen LogP contribution >= 0.6 is 0 Å². The SMILES string of the molecule is CN(C)c1ccc(C(=O)N2CCCN(C(=O)Oc3ccccc3)CC2)cc1.